The molecule has 2 aliphatic rings. The molecule has 1 heterocycles. The van der Waals surface area contributed by atoms with Crippen molar-refractivity contribution < 1.29 is 4.74 Å². The lowest BCUT2D eigenvalue weighted by atomic mass is 9.74. The third-order valence-electron chi connectivity index (χ3n) is 4.40. The Balaban J connectivity index is 2.07. The van der Waals surface area contributed by atoms with Crippen LogP contribution in [0.5, 0.6) is 0 Å². The molecule has 0 radical (unpaired) electrons. The predicted octanol–water partition coefficient (Wildman–Crippen LogP) is 1.60. The van der Waals surface area contributed by atoms with E-state index in [4.69, 9.17) is 10.5 Å². The van der Waals surface area contributed by atoms with Gasteiger partial charge in [-0.2, -0.15) is 0 Å². The number of hydrogen-bond acceptors (Lipinski definition) is 4. The molecule has 0 saturated heterocycles. The maximum absolute atomic E-state index is 6.03. The van der Waals surface area contributed by atoms with Gasteiger partial charge in [-0.1, -0.05) is 26.2 Å². The Morgan fingerprint density at radius 3 is 3.12 bits per heavy atom. The fraction of sp³-hybridized carbons (Fsp3) is 0.923. The van der Waals surface area contributed by atoms with Crippen molar-refractivity contribution in [1.29, 1.82) is 0 Å². The van der Waals surface area contributed by atoms with E-state index in [0.29, 0.717) is 0 Å². The second kappa shape index (κ2) is 5.25. The number of rotatable bonds is 4. The van der Waals surface area contributed by atoms with E-state index in [1.165, 1.54) is 32.1 Å². The number of aliphatic imine (C=N–C) groups is 1. The molecule has 1 aliphatic heterocycles. The van der Waals surface area contributed by atoms with Crippen LogP contribution in [0.2, 0.25) is 0 Å². The van der Waals surface area contributed by atoms with Crippen LogP contribution >= 0.6 is 0 Å². The van der Waals surface area contributed by atoms with E-state index in [9.17, 15) is 0 Å². The van der Waals surface area contributed by atoms with Crippen LogP contribution in [-0.2, 0) is 4.74 Å². The Hall–Kier alpha value is -0.770. The highest BCUT2D eigenvalue weighted by molar-refractivity contribution is 5.81. The Labute approximate surface area is 104 Å². The van der Waals surface area contributed by atoms with E-state index in [1.54, 1.807) is 7.11 Å². The second-order valence-electron chi connectivity index (χ2n) is 5.41. The minimum Gasteiger partial charge on any atom is -0.383 e. The molecule has 0 bridgehead atoms. The topological polar surface area (TPSA) is 50.8 Å². The van der Waals surface area contributed by atoms with E-state index >= 15 is 0 Å². The van der Waals surface area contributed by atoms with Gasteiger partial charge in [0.15, 0.2) is 5.96 Å². The van der Waals surface area contributed by atoms with Crippen molar-refractivity contribution in [2.24, 2.45) is 16.6 Å². The molecule has 2 atom stereocenters. The summed E-state index contributed by atoms with van der Waals surface area (Å²) >= 11 is 0. The quantitative estimate of drug-likeness (QED) is 0.810. The second-order valence-corrected chi connectivity index (χ2v) is 5.41. The Kier molecular flexibility index (Phi) is 3.92. The minimum atomic E-state index is 0.210. The van der Waals surface area contributed by atoms with Gasteiger partial charge in [-0.3, -0.25) is 4.99 Å². The van der Waals surface area contributed by atoms with Crippen molar-refractivity contribution in [2.75, 3.05) is 26.8 Å². The standard InChI is InChI=1S/C13H25N3O/c1-3-11-5-4-6-13(9-11)10-15-12(14)16(13)7-8-17-2/h11H,3-10H2,1-2H3,(H2,14,15). The predicted molar refractivity (Wildman–Crippen MR) is 70.1 cm³/mol. The third kappa shape index (κ3) is 2.41. The molecule has 1 fully saturated rings. The zero-order valence-corrected chi connectivity index (χ0v) is 11.1. The molecule has 1 saturated carbocycles. The molecule has 0 aromatic heterocycles. The summed E-state index contributed by atoms with van der Waals surface area (Å²) in [4.78, 5) is 6.78. The van der Waals surface area contributed by atoms with Gasteiger partial charge < -0.3 is 15.4 Å². The summed E-state index contributed by atoms with van der Waals surface area (Å²) < 4.78 is 5.19. The van der Waals surface area contributed by atoms with Crippen molar-refractivity contribution in [3.05, 3.63) is 0 Å². The van der Waals surface area contributed by atoms with Crippen LogP contribution in [0, 0.1) is 5.92 Å². The molecule has 2 N–H and O–H groups in total. The molecule has 0 aromatic carbocycles. The Morgan fingerprint density at radius 2 is 2.41 bits per heavy atom. The molecule has 4 nitrogen and oxygen atoms in total. The molecule has 98 valence electrons. The van der Waals surface area contributed by atoms with E-state index < -0.39 is 0 Å². The van der Waals surface area contributed by atoms with Crippen LogP contribution in [0.3, 0.4) is 0 Å². The van der Waals surface area contributed by atoms with Crippen LogP contribution in [0.1, 0.15) is 39.0 Å². The number of ether oxygens (including phenoxy) is 1. The molecule has 1 spiro atoms. The highest BCUT2D eigenvalue weighted by atomic mass is 16.5. The Morgan fingerprint density at radius 1 is 1.59 bits per heavy atom. The summed E-state index contributed by atoms with van der Waals surface area (Å²) in [5.41, 5.74) is 6.24. The van der Waals surface area contributed by atoms with Crippen LogP contribution in [-0.4, -0.2) is 43.2 Å². The normalized spacial score (nSPS) is 33.2. The van der Waals surface area contributed by atoms with Gasteiger partial charge in [-0.05, 0) is 18.8 Å². The van der Waals surface area contributed by atoms with Gasteiger partial charge in [0.1, 0.15) is 0 Å². The summed E-state index contributed by atoms with van der Waals surface area (Å²) in [7, 11) is 1.74. The van der Waals surface area contributed by atoms with Crippen molar-refractivity contribution in [2.45, 2.75) is 44.6 Å². The molecule has 4 heteroatoms. The van der Waals surface area contributed by atoms with E-state index in [0.717, 1.165) is 31.6 Å². The molecular formula is C13H25N3O. The van der Waals surface area contributed by atoms with Gasteiger partial charge in [-0.15, -0.1) is 0 Å². The van der Waals surface area contributed by atoms with Crippen LogP contribution in [0.15, 0.2) is 4.99 Å². The summed E-state index contributed by atoms with van der Waals surface area (Å²) in [5.74, 6) is 1.56. The maximum Gasteiger partial charge on any atom is 0.191 e. The van der Waals surface area contributed by atoms with Gasteiger partial charge in [0.2, 0.25) is 0 Å². The lowest BCUT2D eigenvalue weighted by Gasteiger charge is -2.44. The van der Waals surface area contributed by atoms with E-state index in [-0.39, 0.29) is 5.54 Å². The number of nitrogens with two attached hydrogens (primary N) is 1. The van der Waals surface area contributed by atoms with Crippen LogP contribution in [0.4, 0.5) is 0 Å². The first-order chi connectivity index (χ1) is 8.22. The number of guanidine groups is 1. The van der Waals surface area contributed by atoms with E-state index in [1.807, 2.05) is 0 Å². The molecule has 1 aliphatic carbocycles. The van der Waals surface area contributed by atoms with Crippen molar-refractivity contribution in [3.63, 3.8) is 0 Å². The largest absolute Gasteiger partial charge is 0.383 e. The summed E-state index contributed by atoms with van der Waals surface area (Å²) in [6, 6.07) is 0. The SMILES string of the molecule is CCC1CCCC2(CN=C(N)N2CCOC)C1. The van der Waals surface area contributed by atoms with Crippen molar-refractivity contribution in [1.82, 2.24) is 4.90 Å². The molecule has 2 unspecified atom stereocenters. The van der Waals surface area contributed by atoms with Gasteiger partial charge >= 0.3 is 0 Å². The molecule has 0 amide bonds. The van der Waals surface area contributed by atoms with Crippen molar-refractivity contribution in [3.8, 4) is 0 Å². The lowest BCUT2D eigenvalue weighted by molar-refractivity contribution is 0.0798. The monoisotopic (exact) mass is 239 g/mol. The smallest absolute Gasteiger partial charge is 0.191 e. The fourth-order valence-corrected chi connectivity index (χ4v) is 3.37. The summed E-state index contributed by atoms with van der Waals surface area (Å²) in [6.45, 7) is 4.79. The lowest BCUT2D eigenvalue weighted by Crippen LogP contribution is -2.54. The number of hydrogen-bond donors (Lipinski definition) is 1. The first-order valence-electron chi connectivity index (χ1n) is 6.78. The highest BCUT2D eigenvalue weighted by Crippen LogP contribution is 2.40. The first-order valence-corrected chi connectivity index (χ1v) is 6.78. The maximum atomic E-state index is 6.03. The zero-order valence-electron chi connectivity index (χ0n) is 11.1. The highest BCUT2D eigenvalue weighted by Gasteiger charge is 2.44. The molecule has 17 heavy (non-hydrogen) atoms. The van der Waals surface area contributed by atoms with Crippen molar-refractivity contribution >= 4 is 5.96 Å². The Bertz CT molecular complexity index is 292. The molecule has 0 aromatic rings. The van der Waals surface area contributed by atoms with Gasteiger partial charge in [-0.25, -0.2) is 0 Å². The van der Waals surface area contributed by atoms with E-state index in [2.05, 4.69) is 16.8 Å². The van der Waals surface area contributed by atoms with Crippen LogP contribution < -0.4 is 5.73 Å². The average Bonchev–Trinajstić information content (AvgIpc) is 2.64. The minimum absolute atomic E-state index is 0.210. The van der Waals surface area contributed by atoms with Gasteiger partial charge in [0.25, 0.3) is 0 Å². The third-order valence-corrected chi connectivity index (χ3v) is 4.40. The molecular weight excluding hydrogens is 214 g/mol. The zero-order chi connectivity index (χ0) is 12.3. The average molecular weight is 239 g/mol. The number of methoxy groups -OCH3 is 1. The summed E-state index contributed by atoms with van der Waals surface area (Å²) in [6.07, 6.45) is 6.44. The van der Waals surface area contributed by atoms with Crippen LogP contribution in [0.25, 0.3) is 0 Å². The van der Waals surface area contributed by atoms with Gasteiger partial charge in [0.05, 0.1) is 18.7 Å². The fourth-order valence-electron chi connectivity index (χ4n) is 3.37. The summed E-state index contributed by atoms with van der Waals surface area (Å²) in [5, 5.41) is 0. The molecule has 2 rings (SSSR count). The first kappa shape index (κ1) is 12.7. The number of nitrogens with zero attached hydrogens (tertiary/aromatic N) is 2. The van der Waals surface area contributed by atoms with Gasteiger partial charge in [0, 0.05) is 13.7 Å².